The zero-order valence-electron chi connectivity index (χ0n) is 15.7. The summed E-state index contributed by atoms with van der Waals surface area (Å²) in [7, 11) is 1.46. The van der Waals surface area contributed by atoms with Gasteiger partial charge in [-0.1, -0.05) is 26.7 Å². The van der Waals surface area contributed by atoms with E-state index in [1.165, 1.54) is 13.5 Å². The van der Waals surface area contributed by atoms with Crippen molar-refractivity contribution in [2.24, 2.45) is 17.8 Å². The number of hydrogen-bond donors (Lipinski definition) is 2. The second kappa shape index (κ2) is 9.00. The lowest BCUT2D eigenvalue weighted by Crippen LogP contribution is -2.45. The summed E-state index contributed by atoms with van der Waals surface area (Å²) in [5.74, 6) is -0.974. The van der Waals surface area contributed by atoms with Gasteiger partial charge in [0, 0.05) is 26.1 Å². The van der Waals surface area contributed by atoms with Gasteiger partial charge in [-0.05, 0) is 18.3 Å². The van der Waals surface area contributed by atoms with Gasteiger partial charge in [0.05, 0.1) is 12.5 Å². The molecule has 1 saturated heterocycles. The van der Waals surface area contributed by atoms with E-state index >= 15 is 0 Å². The van der Waals surface area contributed by atoms with Crippen molar-refractivity contribution in [2.45, 2.75) is 45.6 Å². The van der Waals surface area contributed by atoms with E-state index in [1.54, 1.807) is 0 Å². The summed E-state index contributed by atoms with van der Waals surface area (Å²) in [5.41, 5.74) is 0. The van der Waals surface area contributed by atoms with E-state index in [1.807, 2.05) is 4.90 Å². The van der Waals surface area contributed by atoms with Crippen molar-refractivity contribution in [1.29, 1.82) is 0 Å². The van der Waals surface area contributed by atoms with Crippen molar-refractivity contribution in [3.63, 3.8) is 0 Å². The van der Waals surface area contributed by atoms with Crippen LogP contribution in [-0.2, 0) is 23.9 Å². The van der Waals surface area contributed by atoms with E-state index in [4.69, 9.17) is 4.74 Å². The fourth-order valence-electron chi connectivity index (χ4n) is 3.78. The number of rotatable bonds is 6. The van der Waals surface area contributed by atoms with Crippen molar-refractivity contribution >= 4 is 23.7 Å². The Hall–Kier alpha value is -2.12. The molecular weight excluding hydrogens is 338 g/mol. The van der Waals surface area contributed by atoms with Crippen molar-refractivity contribution in [3.05, 3.63) is 0 Å². The lowest BCUT2D eigenvalue weighted by atomic mass is 9.77. The molecule has 1 aliphatic heterocycles. The van der Waals surface area contributed by atoms with Gasteiger partial charge in [-0.25, -0.2) is 0 Å². The van der Waals surface area contributed by atoms with Crippen molar-refractivity contribution < 1.29 is 23.9 Å². The highest BCUT2D eigenvalue weighted by atomic mass is 16.5. The first-order valence-corrected chi connectivity index (χ1v) is 9.26. The van der Waals surface area contributed by atoms with E-state index < -0.39 is 24.4 Å². The molecule has 0 aromatic heterocycles. The Balaban J connectivity index is 1.81. The predicted molar refractivity (Wildman–Crippen MR) is 93.8 cm³/mol. The van der Waals surface area contributed by atoms with Gasteiger partial charge in [0.2, 0.25) is 11.8 Å². The molecule has 0 bridgehead atoms. The third kappa shape index (κ3) is 4.95. The highest BCUT2D eigenvalue weighted by Crippen LogP contribution is 2.35. The molecule has 2 fully saturated rings. The topological polar surface area (TPSA) is 105 Å². The molecule has 0 spiro atoms. The number of hydrogen-bond acceptors (Lipinski definition) is 5. The van der Waals surface area contributed by atoms with Crippen LogP contribution in [0.25, 0.3) is 0 Å². The van der Waals surface area contributed by atoms with Gasteiger partial charge >= 0.3 is 5.97 Å². The number of esters is 1. The molecule has 146 valence electrons. The quantitative estimate of drug-likeness (QED) is 0.646. The number of likely N-dealkylation sites (N-methyl/N-ethyl adjacent to an activating group) is 1. The number of carbonyl (C=O) groups excluding carboxylic acids is 4. The largest absolute Gasteiger partial charge is 0.455 e. The first kappa shape index (κ1) is 20.2. The van der Waals surface area contributed by atoms with Crippen LogP contribution in [0.4, 0.5) is 0 Å². The fourth-order valence-corrected chi connectivity index (χ4v) is 3.78. The van der Waals surface area contributed by atoms with Gasteiger partial charge in [0.25, 0.3) is 5.91 Å². The molecule has 1 heterocycles. The number of ether oxygens (including phenoxy) is 1. The SMILES string of the molecule is CNC(=O)CNC(=O)COC(=O)[C@@H]1CC(=O)N([C@@H]2CCC[C@H](C)[C@H]2C)C1. The Morgan fingerprint density at radius 1 is 1.19 bits per heavy atom. The van der Waals surface area contributed by atoms with Crippen molar-refractivity contribution in [2.75, 3.05) is 26.7 Å². The van der Waals surface area contributed by atoms with E-state index in [2.05, 4.69) is 24.5 Å². The van der Waals surface area contributed by atoms with Crippen LogP contribution >= 0.6 is 0 Å². The van der Waals surface area contributed by atoms with Gasteiger partial charge in [-0.2, -0.15) is 0 Å². The predicted octanol–water partition coefficient (Wildman–Crippen LogP) is 0.0650. The summed E-state index contributed by atoms with van der Waals surface area (Å²) in [6, 6.07) is 0.180. The molecule has 8 nitrogen and oxygen atoms in total. The Morgan fingerprint density at radius 2 is 1.92 bits per heavy atom. The number of nitrogens with zero attached hydrogens (tertiary/aromatic N) is 1. The average Bonchev–Trinajstić information content (AvgIpc) is 3.01. The molecule has 4 atom stereocenters. The van der Waals surface area contributed by atoms with Crippen LogP contribution in [0.1, 0.15) is 39.5 Å². The molecule has 26 heavy (non-hydrogen) atoms. The van der Waals surface area contributed by atoms with Gasteiger partial charge in [-0.15, -0.1) is 0 Å². The van der Waals surface area contributed by atoms with Crippen LogP contribution in [0.3, 0.4) is 0 Å². The van der Waals surface area contributed by atoms with Crippen molar-refractivity contribution in [1.82, 2.24) is 15.5 Å². The summed E-state index contributed by atoms with van der Waals surface area (Å²) in [5, 5.41) is 4.73. The highest BCUT2D eigenvalue weighted by Gasteiger charge is 2.42. The Morgan fingerprint density at radius 3 is 2.62 bits per heavy atom. The molecule has 0 radical (unpaired) electrons. The number of nitrogens with one attached hydrogen (secondary N) is 2. The van der Waals surface area contributed by atoms with Gasteiger partial charge in [0.1, 0.15) is 0 Å². The molecule has 1 saturated carbocycles. The summed E-state index contributed by atoms with van der Waals surface area (Å²) >= 11 is 0. The first-order chi connectivity index (χ1) is 12.3. The summed E-state index contributed by atoms with van der Waals surface area (Å²) in [4.78, 5) is 49.1. The number of amides is 3. The molecule has 8 heteroatoms. The van der Waals surface area contributed by atoms with E-state index in [0.717, 1.165) is 12.8 Å². The smallest absolute Gasteiger partial charge is 0.311 e. The summed E-state index contributed by atoms with van der Waals surface area (Å²) < 4.78 is 5.02. The molecule has 0 aromatic carbocycles. The number of likely N-dealkylation sites (tertiary alicyclic amines) is 1. The van der Waals surface area contributed by atoms with Crippen LogP contribution in [0.5, 0.6) is 0 Å². The monoisotopic (exact) mass is 367 g/mol. The van der Waals surface area contributed by atoms with Crippen LogP contribution in [0.2, 0.25) is 0 Å². The average molecular weight is 367 g/mol. The molecule has 2 rings (SSSR count). The zero-order valence-corrected chi connectivity index (χ0v) is 15.7. The normalized spacial score (nSPS) is 28.6. The molecule has 3 amide bonds. The lowest BCUT2D eigenvalue weighted by molar-refractivity contribution is -0.152. The second-order valence-electron chi connectivity index (χ2n) is 7.34. The molecule has 2 N–H and O–H groups in total. The summed E-state index contributed by atoms with van der Waals surface area (Å²) in [6.45, 7) is 4.13. The van der Waals surface area contributed by atoms with Crippen LogP contribution in [0, 0.1) is 17.8 Å². The zero-order chi connectivity index (χ0) is 19.3. The maximum Gasteiger partial charge on any atom is 0.311 e. The van der Waals surface area contributed by atoms with Crippen molar-refractivity contribution in [3.8, 4) is 0 Å². The maximum absolute atomic E-state index is 12.4. The third-order valence-electron chi connectivity index (χ3n) is 5.63. The van der Waals surface area contributed by atoms with Crippen LogP contribution in [-0.4, -0.2) is 61.4 Å². The molecule has 2 aliphatic rings. The van der Waals surface area contributed by atoms with E-state index in [9.17, 15) is 19.2 Å². The minimum absolute atomic E-state index is 0.0121. The molecule has 1 aliphatic carbocycles. The van der Waals surface area contributed by atoms with Gasteiger partial charge in [-0.3, -0.25) is 19.2 Å². The van der Waals surface area contributed by atoms with Gasteiger partial charge < -0.3 is 20.3 Å². The fraction of sp³-hybridized carbons (Fsp3) is 0.778. The Labute approximate surface area is 154 Å². The number of carbonyl (C=O) groups is 4. The van der Waals surface area contributed by atoms with E-state index in [-0.39, 0.29) is 30.8 Å². The van der Waals surface area contributed by atoms with Gasteiger partial charge in [0.15, 0.2) is 6.61 Å². The summed E-state index contributed by atoms with van der Waals surface area (Å²) in [6.07, 6.45) is 3.38. The lowest BCUT2D eigenvalue weighted by Gasteiger charge is -2.39. The first-order valence-electron chi connectivity index (χ1n) is 9.26. The Kier molecular flexibility index (Phi) is 6.99. The minimum Gasteiger partial charge on any atom is -0.455 e. The van der Waals surface area contributed by atoms with E-state index in [0.29, 0.717) is 18.4 Å². The standard InChI is InChI=1S/C18H29N3O5/c1-11-5-4-6-14(12(11)2)21-9-13(7-17(21)24)18(25)26-10-16(23)20-8-15(22)19-3/h11-14H,4-10H2,1-3H3,(H,19,22)(H,20,23)/t11-,12+,13+,14+/m0/s1. The minimum atomic E-state index is -0.544. The maximum atomic E-state index is 12.4. The third-order valence-corrected chi connectivity index (χ3v) is 5.63. The highest BCUT2D eigenvalue weighted by molar-refractivity contribution is 5.89. The molecular formula is C18H29N3O5. The molecule has 0 unspecified atom stereocenters. The van der Waals surface area contributed by atoms with Crippen LogP contribution < -0.4 is 10.6 Å². The second-order valence-corrected chi connectivity index (χ2v) is 7.34. The Bertz CT molecular complexity index is 565. The molecule has 0 aromatic rings. The van der Waals surface area contributed by atoms with Crippen LogP contribution in [0.15, 0.2) is 0 Å².